The van der Waals surface area contributed by atoms with Crippen LogP contribution < -0.4 is 64.6 Å². The number of aliphatic carboxylic acids is 2. The molecule has 0 unspecified atom stereocenters. The summed E-state index contributed by atoms with van der Waals surface area (Å²) in [4.78, 5) is 182. The van der Waals surface area contributed by atoms with Gasteiger partial charge in [-0.2, -0.15) is 0 Å². The largest absolute Gasteiger partial charge is 0.480 e. The van der Waals surface area contributed by atoms with Gasteiger partial charge in [-0.3, -0.25) is 57.5 Å². The summed E-state index contributed by atoms with van der Waals surface area (Å²) in [5.74, 6) is -14.7. The molecular weight excluding hydrogens is 1280 g/mol. The lowest BCUT2D eigenvalue weighted by molar-refractivity contribution is -0.143. The normalized spacial score (nSPS) is 14.9. The lowest BCUT2D eigenvalue weighted by Gasteiger charge is -2.28. The maximum absolute atomic E-state index is 13.7. The molecule has 0 spiro atoms. The first-order valence-corrected chi connectivity index (χ1v) is 33.0. The van der Waals surface area contributed by atoms with E-state index in [1.165, 1.54) is 13.8 Å². The highest BCUT2D eigenvalue weighted by atomic mass is 16.4. The number of unbranched alkanes of at least 4 members (excludes halogenated alkanes) is 9. The average molecular weight is 1380 g/mol. The third kappa shape index (κ3) is 33.7. The summed E-state index contributed by atoms with van der Waals surface area (Å²) in [5, 5.41) is 84.5. The lowest BCUT2D eigenvalue weighted by Crippen LogP contribution is -2.61. The number of nitrogens with one attached hydrogen (secondary N) is 10. The highest BCUT2D eigenvalue weighted by molar-refractivity contribution is 5.99. The van der Waals surface area contributed by atoms with Crippen LogP contribution in [-0.4, -0.2) is 199 Å². The second-order valence-corrected chi connectivity index (χ2v) is 25.1. The summed E-state index contributed by atoms with van der Waals surface area (Å²) >= 11 is 0. The Bertz CT molecular complexity index is 2740. The van der Waals surface area contributed by atoms with E-state index in [1.54, 1.807) is 88.4 Å². The standard InChI is InChI=1S/C66H102N12O20/c1-37(2)29-43(57(87)71-45(33-51(67)83)59(89)75-47(65(95)96)31-41-23-17-15-18-24-41)73-63(93)55(39(5)81)77-61(91)49(35-79)69-53(85)27-21-13-11-9-7-8-10-12-14-22-28-54(86)70-50(36-80)62(92)78-56(40(6)82)64(94)74-44(30-38(3)4)58(88)72-46(34-52(68)84)60(90)76-48(66(97)98)32-42-25-19-16-20-26-42/h15-20,23-26,37-40,43-50,55-56,79-82H,7-14,21-22,27-36H2,1-6H3,(H2,67,83)(H2,68,84)(H,69,85)(H,70,86)(H,71,87)(H,72,88)(H,73,93)(H,74,94)(H,75,89)(H,76,90)(H,77,91)(H,78,92)(H,95,96)(H,97,98)/t39-,40-,43+,44+,45+,46+,47+,48+,49+,50+,55+,56+/m1/s1. The van der Waals surface area contributed by atoms with Crippen molar-refractivity contribution in [2.24, 2.45) is 23.3 Å². The summed E-state index contributed by atoms with van der Waals surface area (Å²) in [6.45, 7) is 7.44. The zero-order chi connectivity index (χ0) is 73.6. The highest BCUT2D eigenvalue weighted by Gasteiger charge is 2.38. The number of hydrogen-bond donors (Lipinski definition) is 18. The molecule has 98 heavy (non-hydrogen) atoms. The molecule has 12 amide bonds. The van der Waals surface area contributed by atoms with Gasteiger partial charge in [-0.15, -0.1) is 0 Å². The molecule has 32 nitrogen and oxygen atoms in total. The number of aliphatic hydroxyl groups excluding tert-OH is 4. The van der Waals surface area contributed by atoms with Crippen molar-refractivity contribution in [2.75, 3.05) is 13.2 Å². The predicted molar refractivity (Wildman–Crippen MR) is 354 cm³/mol. The number of nitrogens with two attached hydrogens (primary N) is 2. The van der Waals surface area contributed by atoms with Gasteiger partial charge in [0.1, 0.15) is 60.4 Å². The number of primary amides is 2. The van der Waals surface area contributed by atoms with Crippen LogP contribution in [0.4, 0.5) is 0 Å². The number of amides is 12. The highest BCUT2D eigenvalue weighted by Crippen LogP contribution is 2.15. The Hall–Kier alpha value is -9.14. The van der Waals surface area contributed by atoms with E-state index in [0.29, 0.717) is 36.8 Å². The van der Waals surface area contributed by atoms with E-state index in [1.807, 2.05) is 0 Å². The maximum atomic E-state index is 13.7. The van der Waals surface area contributed by atoms with Crippen molar-refractivity contribution in [3.63, 3.8) is 0 Å². The molecule has 0 saturated carbocycles. The molecule has 0 fully saturated rings. The number of carbonyl (C=O) groups is 14. The second-order valence-electron chi connectivity index (χ2n) is 25.1. The topological polar surface area (TPSA) is 533 Å². The van der Waals surface area contributed by atoms with Crippen LogP contribution in [0.5, 0.6) is 0 Å². The third-order valence-electron chi connectivity index (χ3n) is 15.4. The zero-order valence-corrected chi connectivity index (χ0v) is 56.6. The van der Waals surface area contributed by atoms with E-state index in [0.717, 1.165) is 38.5 Å². The molecule has 546 valence electrons. The Kier molecular flexibility index (Phi) is 39.3. The van der Waals surface area contributed by atoms with Crippen molar-refractivity contribution >= 4 is 82.8 Å². The van der Waals surface area contributed by atoms with Gasteiger partial charge in [0.15, 0.2) is 0 Å². The Labute approximate surface area is 569 Å². The monoisotopic (exact) mass is 1380 g/mol. The van der Waals surface area contributed by atoms with Crippen molar-refractivity contribution in [1.29, 1.82) is 0 Å². The molecule has 0 radical (unpaired) electrons. The first-order chi connectivity index (χ1) is 46.3. The van der Waals surface area contributed by atoms with Crippen LogP contribution in [0.2, 0.25) is 0 Å². The van der Waals surface area contributed by atoms with Gasteiger partial charge in [-0.05, 0) is 62.5 Å². The minimum Gasteiger partial charge on any atom is -0.480 e. The molecule has 0 bridgehead atoms. The number of hydrogen-bond acceptors (Lipinski definition) is 18. The van der Waals surface area contributed by atoms with Crippen LogP contribution in [-0.2, 0) is 80.0 Å². The molecule has 0 aliphatic heterocycles. The predicted octanol–water partition coefficient (Wildman–Crippen LogP) is -2.24. The Balaban J connectivity index is 1.82. The summed E-state index contributed by atoms with van der Waals surface area (Å²) in [6.07, 6.45) is 2.26. The first kappa shape index (κ1) is 84.9. The average Bonchev–Trinajstić information content (AvgIpc) is 0.869. The van der Waals surface area contributed by atoms with Crippen molar-refractivity contribution in [3.05, 3.63) is 71.8 Å². The van der Waals surface area contributed by atoms with Gasteiger partial charge in [0.05, 0.1) is 38.3 Å². The fourth-order valence-electron chi connectivity index (χ4n) is 10.2. The summed E-state index contributed by atoms with van der Waals surface area (Å²) in [7, 11) is 0. The van der Waals surface area contributed by atoms with Gasteiger partial charge < -0.3 is 95.3 Å². The molecule has 0 aliphatic carbocycles. The van der Waals surface area contributed by atoms with Crippen molar-refractivity contribution in [1.82, 2.24) is 53.2 Å². The van der Waals surface area contributed by atoms with Crippen molar-refractivity contribution in [3.8, 4) is 0 Å². The quantitative estimate of drug-likeness (QED) is 0.0311. The lowest BCUT2D eigenvalue weighted by atomic mass is 10.0. The molecule has 0 saturated heterocycles. The van der Waals surface area contributed by atoms with Crippen LogP contribution in [0.3, 0.4) is 0 Å². The number of carboxylic acids is 2. The third-order valence-corrected chi connectivity index (χ3v) is 15.4. The fraction of sp³-hybridized carbons (Fsp3) is 0.606. The van der Waals surface area contributed by atoms with E-state index in [4.69, 9.17) is 11.5 Å². The first-order valence-electron chi connectivity index (χ1n) is 33.0. The van der Waals surface area contributed by atoms with Crippen LogP contribution in [0.1, 0.15) is 155 Å². The number of carbonyl (C=O) groups excluding carboxylic acids is 12. The molecular formula is C66H102N12O20. The molecule has 20 N–H and O–H groups in total. The molecule has 0 aromatic heterocycles. The second kappa shape index (κ2) is 45.4. The van der Waals surface area contributed by atoms with E-state index in [2.05, 4.69) is 53.2 Å². The maximum Gasteiger partial charge on any atom is 0.326 e. The SMILES string of the molecule is CC(C)C[C@H](NC(=O)[C@@H](NC(=O)[C@H](CO)NC(=O)CCCCCCCCCCCCC(=O)N[C@@H](CO)C(=O)N[C@H](C(=O)N[C@@H](CC(C)C)C(=O)N[C@@H](CC(N)=O)C(=O)N[C@@H](Cc1ccccc1)C(=O)O)[C@@H](C)O)[C@@H](C)O)C(=O)N[C@@H](CC(N)=O)C(=O)N[C@@H](Cc1ccccc1)C(=O)O. The molecule has 32 heteroatoms. The number of carboxylic acid groups (broad SMARTS) is 2. The molecule has 2 rings (SSSR count). The summed E-state index contributed by atoms with van der Waals surface area (Å²) < 4.78 is 0. The van der Waals surface area contributed by atoms with E-state index in [9.17, 15) is 97.8 Å². The smallest absolute Gasteiger partial charge is 0.326 e. The number of aliphatic hydroxyl groups is 4. The molecule has 12 atom stereocenters. The Morgan fingerprint density at radius 2 is 0.612 bits per heavy atom. The minimum absolute atomic E-state index is 0.00189. The summed E-state index contributed by atoms with van der Waals surface area (Å²) in [5.41, 5.74) is 11.9. The molecule has 2 aromatic carbocycles. The van der Waals surface area contributed by atoms with Gasteiger partial charge in [0.2, 0.25) is 70.9 Å². The van der Waals surface area contributed by atoms with E-state index < -0.39 is 182 Å². The van der Waals surface area contributed by atoms with Crippen molar-refractivity contribution in [2.45, 2.75) is 230 Å². The zero-order valence-electron chi connectivity index (χ0n) is 56.6. The van der Waals surface area contributed by atoms with Gasteiger partial charge in [0, 0.05) is 25.7 Å². The fourth-order valence-corrected chi connectivity index (χ4v) is 10.2. The molecule has 0 heterocycles. The van der Waals surface area contributed by atoms with Gasteiger partial charge >= 0.3 is 11.9 Å². The molecule has 0 aliphatic rings. The van der Waals surface area contributed by atoms with Crippen LogP contribution >= 0.6 is 0 Å². The van der Waals surface area contributed by atoms with Gasteiger partial charge in [-0.25, -0.2) is 9.59 Å². The minimum atomic E-state index is -1.72. The van der Waals surface area contributed by atoms with Crippen LogP contribution in [0.25, 0.3) is 0 Å². The number of benzene rings is 2. The summed E-state index contributed by atoms with van der Waals surface area (Å²) in [6, 6.07) is 1.13. The Morgan fingerprint density at radius 3 is 0.878 bits per heavy atom. The molecule has 2 aromatic rings. The number of rotatable bonds is 49. The van der Waals surface area contributed by atoms with Crippen molar-refractivity contribution < 1.29 is 97.8 Å². The van der Waals surface area contributed by atoms with Crippen LogP contribution in [0.15, 0.2) is 60.7 Å². The van der Waals surface area contributed by atoms with E-state index >= 15 is 0 Å². The van der Waals surface area contributed by atoms with E-state index in [-0.39, 0.29) is 50.4 Å². The van der Waals surface area contributed by atoms with Crippen LogP contribution in [0, 0.1) is 11.8 Å². The van der Waals surface area contributed by atoms with Gasteiger partial charge in [-0.1, -0.05) is 140 Å². The van der Waals surface area contributed by atoms with Gasteiger partial charge in [0.25, 0.3) is 0 Å². The Morgan fingerprint density at radius 1 is 0.347 bits per heavy atom.